The minimum Gasteiger partial charge on any atom is -0.444 e. The number of carbonyl (C=O) groups excluding carboxylic acids is 2. The molecule has 7 heteroatoms. The predicted octanol–water partition coefficient (Wildman–Crippen LogP) is 5.06. The van der Waals surface area contributed by atoms with Crippen LogP contribution in [0.3, 0.4) is 0 Å². The molecule has 0 bridgehead atoms. The van der Waals surface area contributed by atoms with Gasteiger partial charge in [-0.05, 0) is 44.0 Å². The van der Waals surface area contributed by atoms with Gasteiger partial charge in [-0.25, -0.2) is 4.79 Å². The highest BCUT2D eigenvalue weighted by Crippen LogP contribution is 2.25. The molecule has 0 aliphatic carbocycles. The number of anilines is 1. The third-order valence-corrected chi connectivity index (χ3v) is 4.86. The predicted molar refractivity (Wildman–Crippen MR) is 117 cm³/mol. The van der Waals surface area contributed by atoms with Crippen LogP contribution in [0.2, 0.25) is 0 Å². The van der Waals surface area contributed by atoms with Gasteiger partial charge < -0.3 is 10.1 Å². The second-order valence-corrected chi connectivity index (χ2v) is 7.26. The van der Waals surface area contributed by atoms with Gasteiger partial charge in [0.25, 0.3) is 11.6 Å². The summed E-state index contributed by atoms with van der Waals surface area (Å²) in [6.45, 7) is 5.36. The minimum atomic E-state index is -1.23. The smallest absolute Gasteiger partial charge is 0.339 e. The topological polar surface area (TPSA) is 98.5 Å². The van der Waals surface area contributed by atoms with Crippen molar-refractivity contribution in [2.75, 3.05) is 5.32 Å². The number of rotatable bonds is 6. The molecule has 0 heterocycles. The molecule has 158 valence electrons. The number of carbonyl (C=O) groups is 2. The molecule has 0 radical (unpaired) electrons. The average Bonchev–Trinajstić information content (AvgIpc) is 2.75. The first-order chi connectivity index (χ1) is 14.8. The number of benzene rings is 3. The molecule has 0 aliphatic rings. The number of amides is 1. The third-order valence-electron chi connectivity index (χ3n) is 4.86. The number of esters is 1. The number of aryl methyl sites for hydroxylation is 3. The highest BCUT2D eigenvalue weighted by molar-refractivity contribution is 5.98. The normalized spacial score (nSPS) is 11.5. The van der Waals surface area contributed by atoms with E-state index < -0.39 is 22.9 Å². The molecule has 1 N–H and O–H groups in total. The Morgan fingerprint density at radius 2 is 1.61 bits per heavy atom. The zero-order chi connectivity index (χ0) is 22.5. The van der Waals surface area contributed by atoms with Gasteiger partial charge in [-0.15, -0.1) is 0 Å². The molecule has 0 aliphatic heterocycles. The Labute approximate surface area is 179 Å². The number of nitro benzene ring substituents is 1. The first-order valence-corrected chi connectivity index (χ1v) is 9.65. The summed E-state index contributed by atoms with van der Waals surface area (Å²) in [5, 5.41) is 14.0. The Balaban J connectivity index is 1.90. The van der Waals surface area contributed by atoms with Gasteiger partial charge in [0.15, 0.2) is 0 Å². The van der Waals surface area contributed by atoms with Crippen molar-refractivity contribution in [3.05, 3.63) is 105 Å². The fourth-order valence-corrected chi connectivity index (χ4v) is 3.08. The second-order valence-electron chi connectivity index (χ2n) is 7.26. The molecule has 0 saturated carbocycles. The van der Waals surface area contributed by atoms with Crippen LogP contribution in [0.1, 0.15) is 38.7 Å². The fraction of sp³-hybridized carbons (Fsp3) is 0.167. The van der Waals surface area contributed by atoms with Crippen molar-refractivity contribution in [2.24, 2.45) is 0 Å². The maximum absolute atomic E-state index is 13.1. The standard InChI is InChI=1S/C24H22N2O5/c1-15-9-10-16(2)20(13-15)25-23(27)22(18-7-5-4-6-8-18)31-24(28)19-12-11-17(3)21(14-19)26(29)30/h4-14,22H,1-3H3,(H,25,27). The molecule has 0 saturated heterocycles. The highest BCUT2D eigenvalue weighted by atomic mass is 16.6. The molecule has 3 rings (SSSR count). The maximum atomic E-state index is 13.1. The summed E-state index contributed by atoms with van der Waals surface area (Å²) in [4.78, 5) is 36.5. The maximum Gasteiger partial charge on any atom is 0.339 e. The van der Waals surface area contributed by atoms with Crippen molar-refractivity contribution in [1.29, 1.82) is 0 Å². The molecular formula is C24H22N2O5. The molecule has 1 atom stereocenters. The van der Waals surface area contributed by atoms with Crippen molar-refractivity contribution in [2.45, 2.75) is 26.9 Å². The second kappa shape index (κ2) is 9.21. The van der Waals surface area contributed by atoms with Crippen LogP contribution in [0.4, 0.5) is 11.4 Å². The molecule has 3 aromatic carbocycles. The van der Waals surface area contributed by atoms with E-state index in [-0.39, 0.29) is 11.3 Å². The molecule has 1 unspecified atom stereocenters. The number of nitrogens with one attached hydrogen (secondary N) is 1. The lowest BCUT2D eigenvalue weighted by atomic mass is 10.1. The van der Waals surface area contributed by atoms with Crippen LogP contribution in [0.5, 0.6) is 0 Å². The van der Waals surface area contributed by atoms with Crippen molar-refractivity contribution >= 4 is 23.3 Å². The first kappa shape index (κ1) is 21.7. The van der Waals surface area contributed by atoms with E-state index in [0.717, 1.165) is 17.2 Å². The number of nitrogens with zero attached hydrogens (tertiary/aromatic N) is 1. The Hall–Kier alpha value is -4.00. The molecule has 0 spiro atoms. The van der Waals surface area contributed by atoms with E-state index in [4.69, 9.17) is 4.74 Å². The van der Waals surface area contributed by atoms with E-state index in [9.17, 15) is 19.7 Å². The van der Waals surface area contributed by atoms with Crippen molar-refractivity contribution in [3.63, 3.8) is 0 Å². The Bertz CT molecular complexity index is 1140. The average molecular weight is 418 g/mol. The van der Waals surface area contributed by atoms with Crippen molar-refractivity contribution < 1.29 is 19.2 Å². The van der Waals surface area contributed by atoms with E-state index in [2.05, 4.69) is 5.32 Å². The van der Waals surface area contributed by atoms with Gasteiger partial charge >= 0.3 is 5.97 Å². The summed E-state index contributed by atoms with van der Waals surface area (Å²) < 4.78 is 5.53. The molecule has 1 amide bonds. The fourth-order valence-electron chi connectivity index (χ4n) is 3.08. The molecule has 31 heavy (non-hydrogen) atoms. The van der Waals surface area contributed by atoms with Crippen molar-refractivity contribution in [3.8, 4) is 0 Å². The zero-order valence-electron chi connectivity index (χ0n) is 17.4. The number of hydrogen-bond acceptors (Lipinski definition) is 5. The lowest BCUT2D eigenvalue weighted by Crippen LogP contribution is -2.26. The third kappa shape index (κ3) is 5.14. The monoisotopic (exact) mass is 418 g/mol. The summed E-state index contributed by atoms with van der Waals surface area (Å²) in [6, 6.07) is 18.3. The number of hydrogen-bond donors (Lipinski definition) is 1. The van der Waals surface area contributed by atoms with E-state index in [1.807, 2.05) is 32.0 Å². The lowest BCUT2D eigenvalue weighted by molar-refractivity contribution is -0.385. The van der Waals surface area contributed by atoms with Crippen LogP contribution < -0.4 is 5.32 Å². The van der Waals surface area contributed by atoms with Crippen LogP contribution >= 0.6 is 0 Å². The van der Waals surface area contributed by atoms with Gasteiger partial charge in [-0.3, -0.25) is 14.9 Å². The van der Waals surface area contributed by atoms with Crippen molar-refractivity contribution in [1.82, 2.24) is 0 Å². The summed E-state index contributed by atoms with van der Waals surface area (Å²) in [5.41, 5.74) is 3.18. The van der Waals surface area contributed by atoms with Gasteiger partial charge in [0.2, 0.25) is 6.10 Å². The molecule has 7 nitrogen and oxygen atoms in total. The lowest BCUT2D eigenvalue weighted by Gasteiger charge is -2.19. The molecule has 0 aromatic heterocycles. The van der Waals surface area contributed by atoms with Gasteiger partial charge in [0.1, 0.15) is 0 Å². The number of nitro groups is 1. The van der Waals surface area contributed by atoms with Gasteiger partial charge in [0, 0.05) is 22.9 Å². The summed E-state index contributed by atoms with van der Waals surface area (Å²) in [7, 11) is 0. The zero-order valence-corrected chi connectivity index (χ0v) is 17.4. The summed E-state index contributed by atoms with van der Waals surface area (Å²) >= 11 is 0. The summed E-state index contributed by atoms with van der Waals surface area (Å²) in [6.07, 6.45) is -1.23. The molecule has 3 aromatic rings. The van der Waals surface area contributed by atoms with E-state index in [1.54, 1.807) is 37.3 Å². The largest absolute Gasteiger partial charge is 0.444 e. The van der Waals surface area contributed by atoms with Gasteiger partial charge in [-0.2, -0.15) is 0 Å². The minimum absolute atomic E-state index is 0.00207. The number of ether oxygens (including phenoxy) is 1. The Morgan fingerprint density at radius 3 is 2.29 bits per heavy atom. The summed E-state index contributed by atoms with van der Waals surface area (Å²) in [5.74, 6) is -1.34. The van der Waals surface area contributed by atoms with E-state index in [0.29, 0.717) is 16.8 Å². The first-order valence-electron chi connectivity index (χ1n) is 9.65. The van der Waals surface area contributed by atoms with E-state index in [1.165, 1.54) is 12.1 Å². The highest BCUT2D eigenvalue weighted by Gasteiger charge is 2.27. The quantitative estimate of drug-likeness (QED) is 0.343. The van der Waals surface area contributed by atoms with Crippen LogP contribution in [0.25, 0.3) is 0 Å². The van der Waals surface area contributed by atoms with Crippen LogP contribution in [0, 0.1) is 30.9 Å². The van der Waals surface area contributed by atoms with E-state index >= 15 is 0 Å². The SMILES string of the molecule is Cc1ccc(C)c(NC(=O)C(OC(=O)c2ccc(C)c([N+](=O)[O-])c2)c2ccccc2)c1. The Kier molecular flexibility index (Phi) is 6.45. The van der Waals surface area contributed by atoms with Crippen LogP contribution in [-0.2, 0) is 9.53 Å². The van der Waals surface area contributed by atoms with Gasteiger partial charge in [-0.1, -0.05) is 48.5 Å². The Morgan fingerprint density at radius 1 is 0.935 bits per heavy atom. The molecular weight excluding hydrogens is 396 g/mol. The molecule has 0 fully saturated rings. The van der Waals surface area contributed by atoms with Crippen LogP contribution in [0.15, 0.2) is 66.7 Å². The van der Waals surface area contributed by atoms with Crippen LogP contribution in [-0.4, -0.2) is 16.8 Å². The van der Waals surface area contributed by atoms with Gasteiger partial charge in [0.05, 0.1) is 10.5 Å².